The van der Waals surface area contributed by atoms with Crippen molar-refractivity contribution < 1.29 is 4.74 Å². The molecule has 0 fully saturated rings. The number of fused-ring (bicyclic) bond motifs is 4. The molecule has 0 saturated carbocycles. The van der Waals surface area contributed by atoms with Gasteiger partial charge in [0.25, 0.3) is 0 Å². The first-order chi connectivity index (χ1) is 29.2. The van der Waals surface area contributed by atoms with Crippen LogP contribution in [-0.4, -0.2) is 0 Å². The summed E-state index contributed by atoms with van der Waals surface area (Å²) in [6.45, 7) is 0. The number of nitrogens with zero attached hydrogens (tertiary/aromatic N) is 3. The van der Waals surface area contributed by atoms with Gasteiger partial charge in [0.05, 0.1) is 22.7 Å². The van der Waals surface area contributed by atoms with E-state index in [1.807, 2.05) is 30.0 Å². The number of hydrogen-bond donors (Lipinski definition) is 0. The largest absolute Gasteiger partial charge is 0.453 e. The van der Waals surface area contributed by atoms with Crippen molar-refractivity contribution in [1.29, 1.82) is 0 Å². The minimum atomic E-state index is 0.826. The van der Waals surface area contributed by atoms with Gasteiger partial charge in [-0.3, -0.25) is 0 Å². The number of rotatable bonds is 7. The molecule has 2 aliphatic rings. The van der Waals surface area contributed by atoms with Gasteiger partial charge in [0.15, 0.2) is 11.5 Å². The molecule has 0 amide bonds. The van der Waals surface area contributed by atoms with Crippen LogP contribution in [0.25, 0.3) is 22.3 Å². The molecule has 5 heteroatoms. The number of anilines is 9. The highest BCUT2D eigenvalue weighted by Gasteiger charge is 2.28. The van der Waals surface area contributed by atoms with E-state index < -0.39 is 0 Å². The molecule has 9 aromatic rings. The van der Waals surface area contributed by atoms with Gasteiger partial charge in [0.2, 0.25) is 0 Å². The van der Waals surface area contributed by atoms with Crippen LogP contribution in [0.2, 0.25) is 0 Å². The Morgan fingerprint density at radius 2 is 0.780 bits per heavy atom. The summed E-state index contributed by atoms with van der Waals surface area (Å²) in [7, 11) is 0. The molecule has 0 aromatic heterocycles. The smallest absolute Gasteiger partial charge is 0.152 e. The van der Waals surface area contributed by atoms with Gasteiger partial charge in [-0.05, 0) is 125 Å². The van der Waals surface area contributed by atoms with Gasteiger partial charge < -0.3 is 19.4 Å². The van der Waals surface area contributed by atoms with Crippen molar-refractivity contribution in [3.05, 3.63) is 224 Å². The van der Waals surface area contributed by atoms with Crippen molar-refractivity contribution in [2.45, 2.75) is 9.79 Å². The van der Waals surface area contributed by atoms with Crippen LogP contribution >= 0.6 is 11.8 Å². The van der Waals surface area contributed by atoms with E-state index >= 15 is 0 Å². The second-order valence-electron chi connectivity index (χ2n) is 14.6. The molecule has 4 nitrogen and oxygen atoms in total. The fraction of sp³-hybridized carbons (Fsp3) is 0. The van der Waals surface area contributed by atoms with Gasteiger partial charge in [-0.2, -0.15) is 0 Å². The van der Waals surface area contributed by atoms with Crippen molar-refractivity contribution in [1.82, 2.24) is 0 Å². The van der Waals surface area contributed by atoms with Crippen LogP contribution in [0.1, 0.15) is 0 Å². The minimum Gasteiger partial charge on any atom is -0.453 e. The maximum Gasteiger partial charge on any atom is 0.152 e. The Balaban J connectivity index is 0.980. The monoisotopic (exact) mass is 775 g/mol. The molecule has 11 rings (SSSR count). The lowest BCUT2D eigenvalue weighted by atomic mass is 10.0. The first-order valence-electron chi connectivity index (χ1n) is 19.8. The van der Waals surface area contributed by atoms with Crippen molar-refractivity contribution in [2.24, 2.45) is 0 Å². The van der Waals surface area contributed by atoms with Crippen LogP contribution in [-0.2, 0) is 0 Å². The molecule has 0 aliphatic carbocycles. The van der Waals surface area contributed by atoms with E-state index in [9.17, 15) is 0 Å². The molecule has 280 valence electrons. The van der Waals surface area contributed by atoms with Gasteiger partial charge in [-0.25, -0.2) is 0 Å². The first-order valence-corrected chi connectivity index (χ1v) is 20.7. The minimum absolute atomic E-state index is 0.826. The third-order valence-corrected chi connectivity index (χ3v) is 12.1. The maximum absolute atomic E-state index is 6.56. The lowest BCUT2D eigenvalue weighted by molar-refractivity contribution is 0.477. The van der Waals surface area contributed by atoms with Crippen LogP contribution in [0.15, 0.2) is 234 Å². The van der Waals surface area contributed by atoms with Gasteiger partial charge in [-0.15, -0.1) is 0 Å². The predicted octanol–water partition coefficient (Wildman–Crippen LogP) is 16.0. The fourth-order valence-corrected chi connectivity index (χ4v) is 9.31. The number of ether oxygens (including phenoxy) is 1. The standard InChI is InChI=1S/C54H37N3OS/c1-4-14-38(15-5-1)39-24-29-44(30-25-39)55(46-33-35-50-54(37-46)59-53-23-13-11-21-49(53)57(50)43-18-8-3-9-19-43)45-31-26-40(27-32-45)41-28-34-48-52(36-41)58-51-22-12-10-20-47(51)56(48)42-16-6-2-7-17-42/h1-37H. The zero-order valence-corrected chi connectivity index (χ0v) is 32.8. The van der Waals surface area contributed by atoms with Crippen LogP contribution in [0.4, 0.5) is 51.2 Å². The van der Waals surface area contributed by atoms with E-state index in [-0.39, 0.29) is 0 Å². The average molecular weight is 776 g/mol. The van der Waals surface area contributed by atoms with Gasteiger partial charge in [0, 0.05) is 38.2 Å². The zero-order valence-electron chi connectivity index (χ0n) is 32.0. The normalized spacial score (nSPS) is 12.4. The molecule has 9 aromatic carbocycles. The van der Waals surface area contributed by atoms with E-state index in [1.165, 1.54) is 32.3 Å². The zero-order chi connectivity index (χ0) is 39.1. The van der Waals surface area contributed by atoms with Crippen LogP contribution in [0.3, 0.4) is 0 Å². The van der Waals surface area contributed by atoms with Gasteiger partial charge in [0.1, 0.15) is 0 Å². The SMILES string of the molecule is c1ccc(-c2ccc(N(c3ccc(-c4ccc5c(c4)Oc4ccccc4N5c4ccccc4)cc3)c3ccc4c(c3)Sc3ccccc3N4c3ccccc3)cc2)cc1. The number of hydrogen-bond acceptors (Lipinski definition) is 5. The van der Waals surface area contributed by atoms with Crippen molar-refractivity contribution in [3.63, 3.8) is 0 Å². The maximum atomic E-state index is 6.56. The van der Waals surface area contributed by atoms with Crippen molar-refractivity contribution >= 4 is 62.9 Å². The molecular formula is C54H37N3OS. The summed E-state index contributed by atoms with van der Waals surface area (Å²) < 4.78 is 6.56. The molecule has 0 atom stereocenters. The van der Waals surface area contributed by atoms with E-state index in [2.05, 4.69) is 221 Å². The molecule has 0 N–H and O–H groups in total. The summed E-state index contributed by atoms with van der Waals surface area (Å²) in [6.07, 6.45) is 0. The highest BCUT2D eigenvalue weighted by atomic mass is 32.2. The fourth-order valence-electron chi connectivity index (χ4n) is 8.22. The van der Waals surface area contributed by atoms with E-state index in [4.69, 9.17) is 4.74 Å². The Morgan fingerprint density at radius 1 is 0.322 bits per heavy atom. The second kappa shape index (κ2) is 14.8. The molecule has 0 bridgehead atoms. The van der Waals surface area contributed by atoms with Gasteiger partial charge in [-0.1, -0.05) is 133 Å². The van der Waals surface area contributed by atoms with Crippen molar-refractivity contribution in [3.8, 4) is 33.8 Å². The Bertz CT molecular complexity index is 2940. The molecule has 2 aliphatic heterocycles. The Kier molecular flexibility index (Phi) is 8.72. The molecule has 0 saturated heterocycles. The molecule has 59 heavy (non-hydrogen) atoms. The van der Waals surface area contributed by atoms with Crippen LogP contribution < -0.4 is 19.4 Å². The lowest BCUT2D eigenvalue weighted by Gasteiger charge is -2.34. The Hall–Kier alpha value is -7.47. The highest BCUT2D eigenvalue weighted by molar-refractivity contribution is 7.99. The Morgan fingerprint density at radius 3 is 1.46 bits per heavy atom. The van der Waals surface area contributed by atoms with Crippen molar-refractivity contribution in [2.75, 3.05) is 14.7 Å². The quantitative estimate of drug-likeness (QED) is 0.160. The summed E-state index contributed by atoms with van der Waals surface area (Å²) >= 11 is 1.82. The molecular weight excluding hydrogens is 739 g/mol. The summed E-state index contributed by atoms with van der Waals surface area (Å²) in [4.78, 5) is 9.44. The predicted molar refractivity (Wildman–Crippen MR) is 246 cm³/mol. The Labute approximate surface area is 348 Å². The summed E-state index contributed by atoms with van der Waals surface area (Å²) in [5.41, 5.74) is 14.5. The summed E-state index contributed by atoms with van der Waals surface area (Å²) in [6, 6.07) is 79.7. The second-order valence-corrected chi connectivity index (χ2v) is 15.7. The van der Waals surface area contributed by atoms with Crippen LogP contribution in [0.5, 0.6) is 11.5 Å². The molecule has 0 radical (unpaired) electrons. The van der Waals surface area contributed by atoms with E-state index in [0.717, 1.165) is 62.4 Å². The molecule has 0 spiro atoms. The topological polar surface area (TPSA) is 19.0 Å². The van der Waals surface area contributed by atoms with E-state index in [1.54, 1.807) is 0 Å². The van der Waals surface area contributed by atoms with Gasteiger partial charge >= 0.3 is 0 Å². The third kappa shape index (κ3) is 6.38. The number of para-hydroxylation sites is 5. The average Bonchev–Trinajstić information content (AvgIpc) is 3.31. The summed E-state index contributed by atoms with van der Waals surface area (Å²) in [5, 5.41) is 0. The molecule has 2 heterocycles. The summed E-state index contributed by atoms with van der Waals surface area (Å²) in [5.74, 6) is 1.66. The van der Waals surface area contributed by atoms with E-state index in [0.29, 0.717) is 0 Å². The first kappa shape index (κ1) is 34.8. The number of benzene rings is 9. The lowest BCUT2D eigenvalue weighted by Crippen LogP contribution is -2.16. The highest BCUT2D eigenvalue weighted by Crippen LogP contribution is 2.54. The third-order valence-electron chi connectivity index (χ3n) is 11.0. The molecule has 0 unspecified atom stereocenters. The van der Waals surface area contributed by atoms with Crippen LogP contribution in [0, 0.1) is 0 Å².